The average molecular weight is 322 g/mol. The molecule has 0 aliphatic carbocycles. The normalized spacial score (nSPS) is 11.5. The van der Waals surface area contributed by atoms with Gasteiger partial charge in [0.15, 0.2) is 5.69 Å². The number of hydrogen-bond acceptors (Lipinski definition) is 3. The van der Waals surface area contributed by atoms with Crippen molar-refractivity contribution in [2.24, 2.45) is 0 Å². The maximum atomic E-state index is 12.5. The minimum atomic E-state index is -0.943. The van der Waals surface area contributed by atoms with Crippen molar-refractivity contribution in [3.05, 3.63) is 47.2 Å². The molecule has 118 valence electrons. The van der Waals surface area contributed by atoms with Gasteiger partial charge in [-0.1, -0.05) is 17.7 Å². The summed E-state index contributed by atoms with van der Waals surface area (Å²) >= 11 is 5.97. The largest absolute Gasteiger partial charge is 0.389 e. The van der Waals surface area contributed by atoms with Gasteiger partial charge in [0.25, 0.3) is 5.91 Å². The van der Waals surface area contributed by atoms with Crippen molar-refractivity contribution in [1.82, 2.24) is 14.7 Å². The molecule has 0 radical (unpaired) electrons. The van der Waals surface area contributed by atoms with Crippen LogP contribution in [0.5, 0.6) is 0 Å². The molecule has 0 atom stereocenters. The number of likely N-dealkylation sites (N-methyl/N-ethyl adjacent to an activating group) is 1. The van der Waals surface area contributed by atoms with Gasteiger partial charge in [-0.2, -0.15) is 5.10 Å². The molecule has 1 N–H and O–H groups in total. The molecule has 0 unspecified atom stereocenters. The molecule has 0 aliphatic heterocycles. The van der Waals surface area contributed by atoms with Gasteiger partial charge in [0, 0.05) is 24.3 Å². The highest BCUT2D eigenvalue weighted by Gasteiger charge is 2.23. The standard InChI is InChI=1S/C16H20ClN3O2/c1-4-19(11-16(2,3)22)15(21)14-8-9-20(18-14)13-7-5-6-12(17)10-13/h5-10,22H,4,11H2,1-3H3. The Bertz CT molecular complexity index is 661. The first kappa shape index (κ1) is 16.5. The lowest BCUT2D eigenvalue weighted by Crippen LogP contribution is -2.42. The van der Waals surface area contributed by atoms with Gasteiger partial charge in [0.2, 0.25) is 0 Å². The Morgan fingerprint density at radius 1 is 1.41 bits per heavy atom. The van der Waals surface area contributed by atoms with Gasteiger partial charge in [-0.05, 0) is 45.0 Å². The second-order valence-corrected chi connectivity index (χ2v) is 6.19. The van der Waals surface area contributed by atoms with Gasteiger partial charge in [-0.15, -0.1) is 0 Å². The third-order valence-corrected chi connectivity index (χ3v) is 3.36. The van der Waals surface area contributed by atoms with E-state index in [1.54, 1.807) is 47.8 Å². The number of hydrogen-bond donors (Lipinski definition) is 1. The first-order chi connectivity index (χ1) is 10.3. The Hall–Kier alpha value is -1.85. The van der Waals surface area contributed by atoms with Crippen molar-refractivity contribution in [2.75, 3.05) is 13.1 Å². The summed E-state index contributed by atoms with van der Waals surface area (Å²) in [4.78, 5) is 14.1. The SMILES string of the molecule is CCN(CC(C)(C)O)C(=O)c1ccn(-c2cccc(Cl)c2)n1. The van der Waals surface area contributed by atoms with Crippen LogP contribution < -0.4 is 0 Å². The molecular weight excluding hydrogens is 302 g/mol. The molecule has 0 bridgehead atoms. The van der Waals surface area contributed by atoms with Gasteiger partial charge < -0.3 is 10.0 Å². The molecule has 5 nitrogen and oxygen atoms in total. The van der Waals surface area contributed by atoms with Crippen LogP contribution in [0.1, 0.15) is 31.3 Å². The fourth-order valence-electron chi connectivity index (χ4n) is 2.16. The summed E-state index contributed by atoms with van der Waals surface area (Å²) in [7, 11) is 0. The van der Waals surface area contributed by atoms with E-state index >= 15 is 0 Å². The Morgan fingerprint density at radius 3 is 2.73 bits per heavy atom. The Kier molecular flexibility index (Phi) is 4.88. The van der Waals surface area contributed by atoms with Crippen LogP contribution in [0.2, 0.25) is 5.02 Å². The number of nitrogens with zero attached hydrogens (tertiary/aromatic N) is 3. The molecular formula is C16H20ClN3O2. The lowest BCUT2D eigenvalue weighted by Gasteiger charge is -2.27. The van der Waals surface area contributed by atoms with Crippen LogP contribution in [-0.2, 0) is 0 Å². The Morgan fingerprint density at radius 2 is 2.14 bits per heavy atom. The summed E-state index contributed by atoms with van der Waals surface area (Å²) in [6, 6.07) is 8.91. The van der Waals surface area contributed by atoms with E-state index in [0.717, 1.165) is 5.69 Å². The first-order valence-corrected chi connectivity index (χ1v) is 7.51. The van der Waals surface area contributed by atoms with Crippen molar-refractivity contribution in [1.29, 1.82) is 0 Å². The average Bonchev–Trinajstić information content (AvgIpc) is 2.93. The predicted octanol–water partition coefficient (Wildman–Crippen LogP) is 2.76. The summed E-state index contributed by atoms with van der Waals surface area (Å²) in [6.45, 7) is 5.98. The van der Waals surface area contributed by atoms with Crippen LogP contribution in [0, 0.1) is 0 Å². The maximum Gasteiger partial charge on any atom is 0.274 e. The molecule has 0 spiro atoms. The van der Waals surface area contributed by atoms with Crippen LogP contribution in [-0.4, -0.2) is 44.4 Å². The maximum absolute atomic E-state index is 12.5. The number of halogens is 1. The molecule has 1 aromatic heterocycles. The molecule has 2 rings (SSSR count). The summed E-state index contributed by atoms with van der Waals surface area (Å²) in [5.74, 6) is -0.203. The van der Waals surface area contributed by atoms with Gasteiger partial charge in [-0.3, -0.25) is 4.79 Å². The number of rotatable bonds is 5. The smallest absolute Gasteiger partial charge is 0.274 e. The zero-order valence-corrected chi connectivity index (χ0v) is 13.7. The van der Waals surface area contributed by atoms with Gasteiger partial charge in [0.1, 0.15) is 0 Å². The molecule has 0 aliphatic rings. The highest BCUT2D eigenvalue weighted by Crippen LogP contribution is 2.15. The fraction of sp³-hybridized carbons (Fsp3) is 0.375. The second kappa shape index (κ2) is 6.50. The fourth-order valence-corrected chi connectivity index (χ4v) is 2.34. The molecule has 6 heteroatoms. The first-order valence-electron chi connectivity index (χ1n) is 7.13. The summed E-state index contributed by atoms with van der Waals surface area (Å²) in [5.41, 5.74) is 0.185. The van der Waals surface area contributed by atoms with E-state index in [1.165, 1.54) is 0 Å². The van der Waals surface area contributed by atoms with Crippen molar-refractivity contribution in [3.63, 3.8) is 0 Å². The van der Waals surface area contributed by atoms with E-state index in [2.05, 4.69) is 5.10 Å². The molecule has 1 aromatic carbocycles. The zero-order valence-electron chi connectivity index (χ0n) is 13.0. The number of amides is 1. The van der Waals surface area contributed by atoms with E-state index in [9.17, 15) is 9.90 Å². The molecule has 0 fully saturated rings. The van der Waals surface area contributed by atoms with E-state index in [1.807, 2.05) is 19.1 Å². The number of carbonyl (C=O) groups is 1. The van der Waals surface area contributed by atoms with Crippen molar-refractivity contribution < 1.29 is 9.90 Å². The number of benzene rings is 1. The number of carbonyl (C=O) groups excluding carboxylic acids is 1. The zero-order chi connectivity index (χ0) is 16.3. The third-order valence-electron chi connectivity index (χ3n) is 3.13. The van der Waals surface area contributed by atoms with Gasteiger partial charge in [-0.25, -0.2) is 4.68 Å². The van der Waals surface area contributed by atoms with E-state index in [-0.39, 0.29) is 12.5 Å². The molecule has 1 heterocycles. The molecule has 0 saturated heterocycles. The minimum Gasteiger partial charge on any atom is -0.389 e. The van der Waals surface area contributed by atoms with Crippen LogP contribution in [0.25, 0.3) is 5.69 Å². The highest BCUT2D eigenvalue weighted by atomic mass is 35.5. The lowest BCUT2D eigenvalue weighted by atomic mass is 10.1. The van der Waals surface area contributed by atoms with Crippen LogP contribution in [0.15, 0.2) is 36.5 Å². The monoisotopic (exact) mass is 321 g/mol. The van der Waals surface area contributed by atoms with Crippen LogP contribution in [0.4, 0.5) is 0 Å². The topological polar surface area (TPSA) is 58.4 Å². The molecule has 0 saturated carbocycles. The van der Waals surface area contributed by atoms with Crippen molar-refractivity contribution in [2.45, 2.75) is 26.4 Å². The third kappa shape index (κ3) is 4.08. The van der Waals surface area contributed by atoms with E-state index < -0.39 is 5.60 Å². The summed E-state index contributed by atoms with van der Waals surface area (Å²) < 4.78 is 1.61. The number of aliphatic hydroxyl groups is 1. The van der Waals surface area contributed by atoms with Crippen molar-refractivity contribution in [3.8, 4) is 5.69 Å². The Labute approximate surface area is 135 Å². The van der Waals surface area contributed by atoms with E-state index in [0.29, 0.717) is 17.3 Å². The van der Waals surface area contributed by atoms with Crippen LogP contribution >= 0.6 is 11.6 Å². The molecule has 1 amide bonds. The van der Waals surface area contributed by atoms with Crippen LogP contribution in [0.3, 0.4) is 0 Å². The van der Waals surface area contributed by atoms with Crippen molar-refractivity contribution >= 4 is 17.5 Å². The quantitative estimate of drug-likeness (QED) is 0.921. The predicted molar refractivity (Wildman–Crippen MR) is 86.4 cm³/mol. The summed E-state index contributed by atoms with van der Waals surface area (Å²) in [5, 5.41) is 14.8. The highest BCUT2D eigenvalue weighted by molar-refractivity contribution is 6.30. The molecule has 2 aromatic rings. The Balaban J connectivity index is 2.21. The van der Waals surface area contributed by atoms with E-state index in [4.69, 9.17) is 11.6 Å². The minimum absolute atomic E-state index is 0.203. The van der Waals surface area contributed by atoms with Gasteiger partial charge in [0.05, 0.1) is 11.3 Å². The second-order valence-electron chi connectivity index (χ2n) is 5.76. The number of aromatic nitrogens is 2. The van der Waals surface area contributed by atoms with Gasteiger partial charge >= 0.3 is 0 Å². The summed E-state index contributed by atoms with van der Waals surface area (Å²) in [6.07, 6.45) is 1.72. The molecule has 22 heavy (non-hydrogen) atoms. The lowest BCUT2D eigenvalue weighted by molar-refractivity contribution is 0.0311.